The molecule has 0 fully saturated rings. The van der Waals surface area contributed by atoms with Gasteiger partial charge < -0.3 is 9.47 Å². The highest BCUT2D eigenvalue weighted by atomic mass is 16.5. The molecule has 84 valence electrons. The van der Waals surface area contributed by atoms with Crippen molar-refractivity contribution in [2.75, 3.05) is 13.7 Å². The van der Waals surface area contributed by atoms with E-state index >= 15 is 0 Å². The third kappa shape index (κ3) is 2.24. The quantitative estimate of drug-likeness (QED) is 0.729. The second-order valence-corrected chi connectivity index (χ2v) is 3.62. The van der Waals surface area contributed by atoms with E-state index in [1.54, 1.807) is 0 Å². The van der Waals surface area contributed by atoms with Crippen molar-refractivity contribution in [3.63, 3.8) is 0 Å². The average molecular weight is 218 g/mol. The SMILES string of the molecule is COC(=O)Cc1ccccc1C1=CCCO1. The van der Waals surface area contributed by atoms with Crippen molar-refractivity contribution in [1.82, 2.24) is 0 Å². The Morgan fingerprint density at radius 2 is 2.25 bits per heavy atom. The minimum atomic E-state index is -0.231. The number of esters is 1. The van der Waals surface area contributed by atoms with Crippen LogP contribution in [0, 0.1) is 0 Å². The lowest BCUT2D eigenvalue weighted by Crippen LogP contribution is -2.06. The molecule has 16 heavy (non-hydrogen) atoms. The number of hydrogen-bond acceptors (Lipinski definition) is 3. The third-order valence-electron chi connectivity index (χ3n) is 2.55. The summed E-state index contributed by atoms with van der Waals surface area (Å²) in [7, 11) is 1.40. The molecule has 1 aromatic rings. The van der Waals surface area contributed by atoms with Crippen LogP contribution in [0.1, 0.15) is 17.5 Å². The highest BCUT2D eigenvalue weighted by Gasteiger charge is 2.14. The van der Waals surface area contributed by atoms with E-state index < -0.39 is 0 Å². The molecule has 0 saturated carbocycles. The second kappa shape index (κ2) is 4.84. The maximum Gasteiger partial charge on any atom is 0.310 e. The summed E-state index contributed by atoms with van der Waals surface area (Å²) in [6.45, 7) is 0.724. The van der Waals surface area contributed by atoms with Crippen LogP contribution in [0.25, 0.3) is 5.76 Å². The normalized spacial score (nSPS) is 14.2. The number of methoxy groups -OCH3 is 1. The fourth-order valence-electron chi connectivity index (χ4n) is 1.75. The highest BCUT2D eigenvalue weighted by molar-refractivity contribution is 5.76. The van der Waals surface area contributed by atoms with Gasteiger partial charge in [0.05, 0.1) is 20.1 Å². The predicted octanol–water partition coefficient (Wildman–Crippen LogP) is 2.16. The van der Waals surface area contributed by atoms with E-state index in [1.165, 1.54) is 7.11 Å². The first kappa shape index (κ1) is 10.7. The van der Waals surface area contributed by atoms with Crippen LogP contribution in [0.2, 0.25) is 0 Å². The zero-order valence-corrected chi connectivity index (χ0v) is 9.23. The van der Waals surface area contributed by atoms with E-state index in [9.17, 15) is 4.79 Å². The Hall–Kier alpha value is -1.77. The molecular formula is C13H14O3. The number of carbonyl (C=O) groups excluding carboxylic acids is 1. The molecule has 0 amide bonds. The van der Waals surface area contributed by atoms with Gasteiger partial charge in [0.25, 0.3) is 0 Å². The molecule has 3 heteroatoms. The summed E-state index contributed by atoms with van der Waals surface area (Å²) in [6.07, 6.45) is 3.27. The molecule has 0 aliphatic carbocycles. The Morgan fingerprint density at radius 3 is 2.94 bits per heavy atom. The van der Waals surface area contributed by atoms with Gasteiger partial charge in [-0.2, -0.15) is 0 Å². The first-order valence-corrected chi connectivity index (χ1v) is 5.29. The molecule has 1 heterocycles. The lowest BCUT2D eigenvalue weighted by atomic mass is 10.0. The smallest absolute Gasteiger partial charge is 0.310 e. The van der Waals surface area contributed by atoms with Crippen LogP contribution in [0.3, 0.4) is 0 Å². The van der Waals surface area contributed by atoms with Crippen LogP contribution < -0.4 is 0 Å². The first-order chi connectivity index (χ1) is 7.81. The molecule has 0 spiro atoms. The van der Waals surface area contributed by atoms with Gasteiger partial charge in [0.15, 0.2) is 0 Å². The lowest BCUT2D eigenvalue weighted by molar-refractivity contribution is -0.139. The number of benzene rings is 1. The molecule has 0 atom stereocenters. The van der Waals surface area contributed by atoms with Crippen molar-refractivity contribution in [2.24, 2.45) is 0 Å². The zero-order chi connectivity index (χ0) is 11.4. The summed E-state index contributed by atoms with van der Waals surface area (Å²) >= 11 is 0. The Bertz CT molecular complexity index is 421. The Morgan fingerprint density at radius 1 is 1.44 bits per heavy atom. The first-order valence-electron chi connectivity index (χ1n) is 5.29. The fourth-order valence-corrected chi connectivity index (χ4v) is 1.75. The molecular weight excluding hydrogens is 204 g/mol. The standard InChI is InChI=1S/C13H14O3/c1-15-13(14)9-10-5-2-3-6-11(10)12-7-4-8-16-12/h2-3,5-7H,4,8-9H2,1H3. The number of ether oxygens (including phenoxy) is 2. The monoisotopic (exact) mass is 218 g/mol. The highest BCUT2D eigenvalue weighted by Crippen LogP contribution is 2.25. The molecule has 1 aromatic carbocycles. The van der Waals surface area contributed by atoms with Crippen LogP contribution in [0.15, 0.2) is 30.3 Å². The van der Waals surface area contributed by atoms with Crippen LogP contribution in [-0.4, -0.2) is 19.7 Å². The molecule has 0 bridgehead atoms. The Kier molecular flexibility index (Phi) is 3.25. The summed E-state index contributed by atoms with van der Waals surface area (Å²) in [5.74, 6) is 0.644. The number of carbonyl (C=O) groups is 1. The van der Waals surface area contributed by atoms with Crippen molar-refractivity contribution in [3.8, 4) is 0 Å². The zero-order valence-electron chi connectivity index (χ0n) is 9.23. The second-order valence-electron chi connectivity index (χ2n) is 3.62. The summed E-state index contributed by atoms with van der Waals surface area (Å²) in [4.78, 5) is 11.3. The van der Waals surface area contributed by atoms with Crippen LogP contribution in [-0.2, 0) is 20.7 Å². The van der Waals surface area contributed by atoms with Gasteiger partial charge in [0.1, 0.15) is 5.76 Å². The molecule has 0 aromatic heterocycles. The van der Waals surface area contributed by atoms with Crippen molar-refractivity contribution < 1.29 is 14.3 Å². The van der Waals surface area contributed by atoms with E-state index in [0.717, 1.165) is 29.9 Å². The predicted molar refractivity (Wildman–Crippen MR) is 60.7 cm³/mol. The van der Waals surface area contributed by atoms with Gasteiger partial charge in [-0.15, -0.1) is 0 Å². The van der Waals surface area contributed by atoms with Gasteiger partial charge in [0, 0.05) is 12.0 Å². The van der Waals surface area contributed by atoms with Crippen molar-refractivity contribution in [1.29, 1.82) is 0 Å². The van der Waals surface area contributed by atoms with Gasteiger partial charge in [-0.1, -0.05) is 24.3 Å². The van der Waals surface area contributed by atoms with E-state index in [2.05, 4.69) is 10.8 Å². The minimum Gasteiger partial charge on any atom is -0.493 e. The molecule has 1 aliphatic heterocycles. The molecule has 2 rings (SSSR count). The Labute approximate surface area is 94.7 Å². The van der Waals surface area contributed by atoms with E-state index in [1.807, 2.05) is 24.3 Å². The lowest BCUT2D eigenvalue weighted by Gasteiger charge is -2.09. The van der Waals surface area contributed by atoms with Gasteiger partial charge in [0.2, 0.25) is 0 Å². The van der Waals surface area contributed by atoms with Gasteiger partial charge in [-0.05, 0) is 11.6 Å². The molecule has 3 nitrogen and oxygen atoms in total. The average Bonchev–Trinajstić information content (AvgIpc) is 2.83. The van der Waals surface area contributed by atoms with Crippen molar-refractivity contribution in [3.05, 3.63) is 41.5 Å². The van der Waals surface area contributed by atoms with Crippen molar-refractivity contribution in [2.45, 2.75) is 12.8 Å². The van der Waals surface area contributed by atoms with Crippen LogP contribution in [0.4, 0.5) is 0 Å². The summed E-state index contributed by atoms with van der Waals surface area (Å²) < 4.78 is 10.2. The van der Waals surface area contributed by atoms with E-state index in [-0.39, 0.29) is 12.4 Å². The maximum atomic E-state index is 11.3. The molecule has 0 N–H and O–H groups in total. The topological polar surface area (TPSA) is 35.5 Å². The van der Waals surface area contributed by atoms with Gasteiger partial charge >= 0.3 is 5.97 Å². The summed E-state index contributed by atoms with van der Waals surface area (Å²) in [5.41, 5.74) is 1.94. The minimum absolute atomic E-state index is 0.231. The largest absolute Gasteiger partial charge is 0.493 e. The molecule has 0 radical (unpaired) electrons. The maximum absolute atomic E-state index is 11.3. The molecule has 1 aliphatic rings. The van der Waals surface area contributed by atoms with Gasteiger partial charge in [-0.3, -0.25) is 4.79 Å². The van der Waals surface area contributed by atoms with Crippen LogP contribution >= 0.6 is 0 Å². The summed E-state index contributed by atoms with van der Waals surface area (Å²) in [6, 6.07) is 7.75. The summed E-state index contributed by atoms with van der Waals surface area (Å²) in [5, 5.41) is 0. The van der Waals surface area contributed by atoms with E-state index in [4.69, 9.17) is 4.74 Å². The molecule has 0 unspecified atom stereocenters. The Balaban J connectivity index is 2.26. The third-order valence-corrected chi connectivity index (χ3v) is 2.55. The van der Waals surface area contributed by atoms with Gasteiger partial charge in [-0.25, -0.2) is 0 Å². The van der Waals surface area contributed by atoms with Crippen LogP contribution in [0.5, 0.6) is 0 Å². The number of hydrogen-bond donors (Lipinski definition) is 0. The fraction of sp³-hybridized carbons (Fsp3) is 0.308. The number of rotatable bonds is 3. The van der Waals surface area contributed by atoms with E-state index in [0.29, 0.717) is 0 Å². The molecule has 0 saturated heterocycles. The van der Waals surface area contributed by atoms with Crippen molar-refractivity contribution >= 4 is 11.7 Å².